The fourth-order valence-electron chi connectivity index (χ4n) is 2.56. The van der Waals surface area contributed by atoms with Gasteiger partial charge in [0.15, 0.2) is 0 Å². The summed E-state index contributed by atoms with van der Waals surface area (Å²) in [5, 5.41) is 5.94. The van der Waals surface area contributed by atoms with Crippen molar-refractivity contribution < 1.29 is 9.18 Å². The van der Waals surface area contributed by atoms with E-state index in [1.807, 2.05) is 36.6 Å². The molecule has 1 heterocycles. The summed E-state index contributed by atoms with van der Waals surface area (Å²) >= 11 is 1.64. The number of nitrogens with zero attached hydrogens (tertiary/aromatic N) is 1. The second-order valence-electron chi connectivity index (χ2n) is 5.82. The predicted octanol–water partition coefficient (Wildman–Crippen LogP) is 4.16. The van der Waals surface area contributed by atoms with Crippen molar-refractivity contribution in [2.24, 2.45) is 0 Å². The van der Waals surface area contributed by atoms with Crippen LogP contribution in [0.2, 0.25) is 0 Å². The Balaban J connectivity index is 1.49. The van der Waals surface area contributed by atoms with Crippen LogP contribution in [0.5, 0.6) is 0 Å². The number of thiazole rings is 1. The Morgan fingerprint density at radius 2 is 1.92 bits per heavy atom. The third-order valence-corrected chi connectivity index (χ3v) is 4.69. The molecule has 0 fully saturated rings. The van der Waals surface area contributed by atoms with E-state index in [1.54, 1.807) is 29.5 Å². The Hall–Kier alpha value is -2.53. The molecule has 0 spiro atoms. The molecule has 1 aromatic heterocycles. The molecule has 0 saturated heterocycles. The minimum atomic E-state index is -0.342. The molecule has 1 amide bonds. The number of aromatic nitrogens is 1. The predicted molar refractivity (Wildman–Crippen MR) is 99.1 cm³/mol. The smallest absolute Gasteiger partial charge is 0.224 e. The van der Waals surface area contributed by atoms with Gasteiger partial charge in [0.25, 0.3) is 0 Å². The molecule has 25 heavy (non-hydrogen) atoms. The van der Waals surface area contributed by atoms with Crippen LogP contribution in [0.1, 0.15) is 16.1 Å². The maximum Gasteiger partial charge on any atom is 0.224 e. The second-order valence-corrected chi connectivity index (χ2v) is 6.88. The van der Waals surface area contributed by atoms with Crippen molar-refractivity contribution in [3.05, 3.63) is 75.9 Å². The van der Waals surface area contributed by atoms with Crippen molar-refractivity contribution in [1.29, 1.82) is 0 Å². The third-order valence-electron chi connectivity index (χ3n) is 3.91. The van der Waals surface area contributed by atoms with Gasteiger partial charge in [0.1, 0.15) is 5.82 Å². The van der Waals surface area contributed by atoms with Crippen LogP contribution in [0.3, 0.4) is 0 Å². The van der Waals surface area contributed by atoms with Gasteiger partial charge in [-0.05, 0) is 30.5 Å². The van der Waals surface area contributed by atoms with Crippen LogP contribution in [-0.4, -0.2) is 17.4 Å². The zero-order valence-electron chi connectivity index (χ0n) is 14.0. The number of nitrogens with one attached hydrogen (secondary N) is 1. The maximum absolute atomic E-state index is 13.5. The van der Waals surface area contributed by atoms with Crippen LogP contribution in [0, 0.1) is 12.7 Å². The van der Waals surface area contributed by atoms with Crippen molar-refractivity contribution in [3.63, 3.8) is 0 Å². The quantitative estimate of drug-likeness (QED) is 0.722. The Bertz CT molecular complexity index is 858. The number of halogens is 1. The molecule has 0 aliphatic carbocycles. The van der Waals surface area contributed by atoms with Gasteiger partial charge in [0, 0.05) is 17.5 Å². The lowest BCUT2D eigenvalue weighted by atomic mass is 10.1. The van der Waals surface area contributed by atoms with Gasteiger partial charge in [-0.2, -0.15) is 0 Å². The first-order valence-electron chi connectivity index (χ1n) is 8.13. The number of carbonyl (C=O) groups is 1. The highest BCUT2D eigenvalue weighted by Crippen LogP contribution is 2.21. The minimum absolute atomic E-state index is 0.0643. The molecule has 0 saturated carbocycles. The summed E-state index contributed by atoms with van der Waals surface area (Å²) in [5.41, 5.74) is 3.65. The number of carbonyl (C=O) groups excluding carboxylic acids is 1. The largest absolute Gasteiger partial charge is 0.355 e. The molecular weight excluding hydrogens is 335 g/mol. The summed E-state index contributed by atoms with van der Waals surface area (Å²) < 4.78 is 13.5. The molecule has 1 N–H and O–H groups in total. The Morgan fingerprint density at radius 3 is 2.60 bits per heavy atom. The highest BCUT2D eigenvalue weighted by Gasteiger charge is 2.07. The first kappa shape index (κ1) is 17.3. The van der Waals surface area contributed by atoms with E-state index in [4.69, 9.17) is 0 Å². The van der Waals surface area contributed by atoms with Crippen LogP contribution in [0.25, 0.3) is 11.3 Å². The second kappa shape index (κ2) is 8.03. The average Bonchev–Trinajstić information content (AvgIpc) is 3.04. The zero-order valence-corrected chi connectivity index (χ0v) is 14.8. The standard InChI is InChI=1S/C20H19FN2OS/c1-14-23-19(13-25-14)16-8-6-15(7-9-16)10-11-22-20(24)12-17-4-2-3-5-18(17)21/h2-9,13H,10-12H2,1H3,(H,22,24). The van der Waals surface area contributed by atoms with E-state index in [0.717, 1.165) is 28.2 Å². The number of aryl methyl sites for hydroxylation is 1. The SMILES string of the molecule is Cc1nc(-c2ccc(CCNC(=O)Cc3ccccc3F)cc2)cs1. The van der Waals surface area contributed by atoms with E-state index >= 15 is 0 Å². The molecule has 3 rings (SSSR count). The molecule has 128 valence electrons. The van der Waals surface area contributed by atoms with E-state index in [1.165, 1.54) is 6.07 Å². The highest BCUT2D eigenvalue weighted by atomic mass is 32.1. The third kappa shape index (κ3) is 4.73. The fourth-order valence-corrected chi connectivity index (χ4v) is 3.18. The van der Waals surface area contributed by atoms with Gasteiger partial charge in [0.05, 0.1) is 17.1 Å². The van der Waals surface area contributed by atoms with Crippen LogP contribution < -0.4 is 5.32 Å². The Kier molecular flexibility index (Phi) is 5.56. The Morgan fingerprint density at radius 1 is 1.16 bits per heavy atom. The number of amides is 1. The van der Waals surface area contributed by atoms with E-state index in [9.17, 15) is 9.18 Å². The normalized spacial score (nSPS) is 10.6. The van der Waals surface area contributed by atoms with Crippen LogP contribution in [0.4, 0.5) is 4.39 Å². The first-order valence-corrected chi connectivity index (χ1v) is 9.01. The van der Waals surface area contributed by atoms with Crippen molar-refractivity contribution in [3.8, 4) is 11.3 Å². The molecule has 0 unspecified atom stereocenters. The van der Waals surface area contributed by atoms with E-state index in [2.05, 4.69) is 10.3 Å². The van der Waals surface area contributed by atoms with Crippen molar-refractivity contribution in [2.45, 2.75) is 19.8 Å². The van der Waals surface area contributed by atoms with Gasteiger partial charge in [-0.3, -0.25) is 4.79 Å². The minimum Gasteiger partial charge on any atom is -0.355 e. The molecule has 3 nitrogen and oxygen atoms in total. The van der Waals surface area contributed by atoms with Gasteiger partial charge >= 0.3 is 0 Å². The van der Waals surface area contributed by atoms with Crippen LogP contribution >= 0.6 is 11.3 Å². The van der Waals surface area contributed by atoms with E-state index < -0.39 is 0 Å². The Labute approximate surface area is 150 Å². The summed E-state index contributed by atoms with van der Waals surface area (Å²) in [5.74, 6) is -0.509. The van der Waals surface area contributed by atoms with Crippen molar-refractivity contribution in [2.75, 3.05) is 6.54 Å². The van der Waals surface area contributed by atoms with E-state index in [-0.39, 0.29) is 18.1 Å². The molecule has 0 atom stereocenters. The fraction of sp³-hybridized carbons (Fsp3) is 0.200. The summed E-state index contributed by atoms with van der Waals surface area (Å²) in [7, 11) is 0. The topological polar surface area (TPSA) is 42.0 Å². The lowest BCUT2D eigenvalue weighted by Crippen LogP contribution is -2.27. The molecule has 0 aliphatic heterocycles. The molecular formula is C20H19FN2OS. The number of benzene rings is 2. The van der Waals surface area contributed by atoms with Gasteiger partial charge in [-0.1, -0.05) is 42.5 Å². The lowest BCUT2D eigenvalue weighted by Gasteiger charge is -2.07. The van der Waals surface area contributed by atoms with E-state index in [0.29, 0.717) is 12.1 Å². The molecule has 0 radical (unpaired) electrons. The zero-order chi connectivity index (χ0) is 17.6. The summed E-state index contributed by atoms with van der Waals surface area (Å²) in [6.07, 6.45) is 0.800. The van der Waals surface area contributed by atoms with Gasteiger partial charge < -0.3 is 5.32 Å². The van der Waals surface area contributed by atoms with Crippen LogP contribution in [0.15, 0.2) is 53.9 Å². The monoisotopic (exact) mass is 354 g/mol. The summed E-state index contributed by atoms with van der Waals surface area (Å²) in [4.78, 5) is 16.4. The number of rotatable bonds is 6. The molecule has 2 aromatic carbocycles. The van der Waals surface area contributed by atoms with Gasteiger partial charge in [-0.15, -0.1) is 11.3 Å². The molecule has 0 aliphatic rings. The summed E-state index contributed by atoms with van der Waals surface area (Å²) in [6, 6.07) is 14.5. The molecule has 0 bridgehead atoms. The maximum atomic E-state index is 13.5. The van der Waals surface area contributed by atoms with Crippen LogP contribution in [-0.2, 0) is 17.6 Å². The average molecular weight is 354 g/mol. The van der Waals surface area contributed by atoms with Gasteiger partial charge in [-0.25, -0.2) is 9.37 Å². The number of hydrogen-bond donors (Lipinski definition) is 1. The van der Waals surface area contributed by atoms with Gasteiger partial charge in [0.2, 0.25) is 5.91 Å². The number of hydrogen-bond acceptors (Lipinski definition) is 3. The highest BCUT2D eigenvalue weighted by molar-refractivity contribution is 7.09. The summed E-state index contributed by atoms with van der Waals surface area (Å²) in [6.45, 7) is 2.52. The molecule has 3 aromatic rings. The van der Waals surface area contributed by atoms with Crippen molar-refractivity contribution >= 4 is 17.2 Å². The van der Waals surface area contributed by atoms with Crippen molar-refractivity contribution in [1.82, 2.24) is 10.3 Å². The molecule has 5 heteroatoms. The lowest BCUT2D eigenvalue weighted by molar-refractivity contribution is -0.120. The first-order chi connectivity index (χ1) is 12.1.